The lowest BCUT2D eigenvalue weighted by molar-refractivity contribution is 0.0701. The van der Waals surface area contributed by atoms with Gasteiger partial charge in [-0.25, -0.2) is 9.78 Å². The van der Waals surface area contributed by atoms with Gasteiger partial charge < -0.3 is 5.11 Å². The molecule has 1 N–H and O–H groups in total. The van der Waals surface area contributed by atoms with E-state index in [2.05, 4.69) is 9.88 Å². The van der Waals surface area contributed by atoms with Crippen molar-refractivity contribution in [1.29, 1.82) is 0 Å². The molecule has 20 heavy (non-hydrogen) atoms. The van der Waals surface area contributed by atoms with Crippen molar-refractivity contribution in [3.05, 3.63) is 38.0 Å². The maximum atomic E-state index is 11.4. The number of rotatable bonds is 5. The van der Waals surface area contributed by atoms with Crippen molar-refractivity contribution >= 4 is 28.6 Å². The number of aromatic carboxylic acids is 1. The molecule has 0 saturated carbocycles. The van der Waals surface area contributed by atoms with Crippen molar-refractivity contribution in [1.82, 2.24) is 9.88 Å². The average molecular weight is 308 g/mol. The molecule has 0 bridgehead atoms. The minimum atomic E-state index is -0.860. The monoisotopic (exact) mass is 308 g/mol. The van der Waals surface area contributed by atoms with Gasteiger partial charge in [0.15, 0.2) is 0 Å². The number of likely N-dealkylation sites (tertiary alicyclic amines) is 1. The van der Waals surface area contributed by atoms with Crippen LogP contribution >= 0.6 is 22.7 Å². The quantitative estimate of drug-likeness (QED) is 0.922. The van der Waals surface area contributed by atoms with E-state index in [9.17, 15) is 9.90 Å². The van der Waals surface area contributed by atoms with Gasteiger partial charge in [0.05, 0.1) is 12.2 Å². The highest BCUT2D eigenvalue weighted by Gasteiger charge is 2.20. The summed E-state index contributed by atoms with van der Waals surface area (Å²) in [6.45, 7) is 2.99. The molecule has 0 unspecified atom stereocenters. The summed E-state index contributed by atoms with van der Waals surface area (Å²) >= 11 is 2.97. The van der Waals surface area contributed by atoms with Gasteiger partial charge >= 0.3 is 5.97 Å². The predicted octanol–water partition coefficient (Wildman–Crippen LogP) is 3.09. The molecular formula is C14H16N2O2S2. The van der Waals surface area contributed by atoms with Crippen LogP contribution in [0.3, 0.4) is 0 Å². The van der Waals surface area contributed by atoms with Crippen LogP contribution in [0.2, 0.25) is 0 Å². The van der Waals surface area contributed by atoms with Crippen LogP contribution in [0.15, 0.2) is 17.5 Å². The van der Waals surface area contributed by atoms with E-state index in [0.29, 0.717) is 17.0 Å². The maximum Gasteiger partial charge on any atom is 0.347 e. The van der Waals surface area contributed by atoms with Gasteiger partial charge in [0.2, 0.25) is 0 Å². The summed E-state index contributed by atoms with van der Waals surface area (Å²) in [5.41, 5.74) is 0.708. The third kappa shape index (κ3) is 3.08. The predicted molar refractivity (Wildman–Crippen MR) is 80.7 cm³/mol. The van der Waals surface area contributed by atoms with Crippen LogP contribution < -0.4 is 0 Å². The summed E-state index contributed by atoms with van der Waals surface area (Å²) in [4.78, 5) is 19.8. The summed E-state index contributed by atoms with van der Waals surface area (Å²) in [5, 5.41) is 12.3. The number of carbonyl (C=O) groups is 1. The average Bonchev–Trinajstić information content (AvgIpc) is 3.12. The fourth-order valence-corrected chi connectivity index (χ4v) is 4.14. The van der Waals surface area contributed by atoms with Crippen molar-refractivity contribution < 1.29 is 9.90 Å². The lowest BCUT2D eigenvalue weighted by Gasteiger charge is -2.11. The Balaban J connectivity index is 1.80. The molecule has 1 aliphatic heterocycles. The third-order valence-electron chi connectivity index (χ3n) is 3.42. The Labute approximate surface area is 125 Å². The minimum Gasteiger partial charge on any atom is -0.477 e. The van der Waals surface area contributed by atoms with E-state index >= 15 is 0 Å². The first-order valence-corrected chi connectivity index (χ1v) is 8.38. The smallest absolute Gasteiger partial charge is 0.347 e. The normalized spacial score (nSPS) is 15.8. The number of thiophene rings is 1. The Morgan fingerprint density at radius 2 is 2.20 bits per heavy atom. The Bertz CT molecular complexity index is 586. The Morgan fingerprint density at radius 1 is 1.40 bits per heavy atom. The Hall–Kier alpha value is -1.24. The molecule has 1 saturated heterocycles. The molecule has 2 aromatic heterocycles. The fraction of sp³-hybridized carbons (Fsp3) is 0.429. The molecule has 1 aliphatic rings. The molecule has 106 valence electrons. The number of thiazole rings is 1. The number of hydrogen-bond acceptors (Lipinski definition) is 5. The van der Waals surface area contributed by atoms with Crippen molar-refractivity contribution in [3.63, 3.8) is 0 Å². The summed E-state index contributed by atoms with van der Waals surface area (Å²) < 4.78 is 0. The van der Waals surface area contributed by atoms with E-state index < -0.39 is 5.97 Å². The van der Waals surface area contributed by atoms with Gasteiger partial charge in [0.25, 0.3) is 0 Å². The zero-order valence-corrected chi connectivity index (χ0v) is 12.7. The summed E-state index contributed by atoms with van der Waals surface area (Å²) in [6, 6.07) is 4.01. The van der Waals surface area contributed by atoms with Gasteiger partial charge in [-0.2, -0.15) is 0 Å². The Morgan fingerprint density at radius 3 is 2.85 bits per heavy atom. The highest BCUT2D eigenvalue weighted by molar-refractivity contribution is 7.13. The fourth-order valence-electron chi connectivity index (χ4n) is 2.47. The van der Waals surface area contributed by atoms with Gasteiger partial charge in [-0.05, 0) is 37.4 Å². The molecule has 4 nitrogen and oxygen atoms in total. The molecule has 0 spiro atoms. The van der Waals surface area contributed by atoms with E-state index in [1.807, 2.05) is 17.5 Å². The van der Waals surface area contributed by atoms with Crippen LogP contribution in [0.4, 0.5) is 0 Å². The number of carboxylic acid groups (broad SMARTS) is 1. The lowest BCUT2D eigenvalue weighted by atomic mass is 10.2. The van der Waals surface area contributed by atoms with Crippen LogP contribution in [0, 0.1) is 0 Å². The van der Waals surface area contributed by atoms with Gasteiger partial charge in [-0.3, -0.25) is 4.90 Å². The van der Waals surface area contributed by atoms with Crippen LogP contribution in [-0.2, 0) is 13.0 Å². The zero-order chi connectivity index (χ0) is 13.9. The molecule has 3 heterocycles. The van der Waals surface area contributed by atoms with E-state index in [0.717, 1.165) is 29.5 Å². The molecule has 0 aliphatic carbocycles. The van der Waals surface area contributed by atoms with Gasteiger partial charge in [0, 0.05) is 11.3 Å². The molecular weight excluding hydrogens is 292 g/mol. The highest BCUT2D eigenvalue weighted by atomic mass is 32.1. The largest absolute Gasteiger partial charge is 0.477 e. The maximum absolute atomic E-state index is 11.4. The lowest BCUT2D eigenvalue weighted by Crippen LogP contribution is -2.18. The SMILES string of the molecule is O=C(O)c1sc(CN2CCCC2)nc1Cc1cccs1. The van der Waals surface area contributed by atoms with E-state index in [1.165, 1.54) is 24.2 Å². The van der Waals surface area contributed by atoms with Gasteiger partial charge in [0.1, 0.15) is 9.88 Å². The van der Waals surface area contributed by atoms with E-state index in [4.69, 9.17) is 0 Å². The number of hydrogen-bond donors (Lipinski definition) is 1. The molecule has 0 aromatic carbocycles. The van der Waals surface area contributed by atoms with E-state index in [-0.39, 0.29) is 0 Å². The first-order valence-electron chi connectivity index (χ1n) is 6.69. The van der Waals surface area contributed by atoms with Gasteiger partial charge in [-0.15, -0.1) is 22.7 Å². The molecule has 0 radical (unpaired) electrons. The van der Waals surface area contributed by atoms with Crippen LogP contribution in [-0.4, -0.2) is 34.0 Å². The first-order chi connectivity index (χ1) is 9.72. The standard InChI is InChI=1S/C14H16N2O2S2/c17-14(18)13-11(8-10-4-3-7-19-10)15-12(20-13)9-16-5-1-2-6-16/h3-4,7H,1-2,5-6,8-9H2,(H,17,18). The van der Waals surface area contributed by atoms with Crippen LogP contribution in [0.1, 0.15) is 38.1 Å². The summed E-state index contributed by atoms with van der Waals surface area (Å²) in [6.07, 6.45) is 3.09. The third-order valence-corrected chi connectivity index (χ3v) is 5.36. The second-order valence-electron chi connectivity index (χ2n) is 4.93. The summed E-state index contributed by atoms with van der Waals surface area (Å²) in [7, 11) is 0. The van der Waals surface area contributed by atoms with Crippen LogP contribution in [0.25, 0.3) is 0 Å². The minimum absolute atomic E-state index is 0.396. The second-order valence-corrected chi connectivity index (χ2v) is 7.04. The number of aromatic nitrogens is 1. The number of carboxylic acids is 1. The molecule has 1 fully saturated rings. The van der Waals surface area contributed by atoms with Crippen molar-refractivity contribution in [3.8, 4) is 0 Å². The summed E-state index contributed by atoms with van der Waals surface area (Å²) in [5.74, 6) is -0.860. The molecule has 0 atom stereocenters. The van der Waals surface area contributed by atoms with Crippen molar-refractivity contribution in [2.75, 3.05) is 13.1 Å². The number of nitrogens with zero attached hydrogens (tertiary/aromatic N) is 2. The molecule has 2 aromatic rings. The van der Waals surface area contributed by atoms with Crippen LogP contribution in [0.5, 0.6) is 0 Å². The first kappa shape index (κ1) is 13.7. The Kier molecular flexibility index (Phi) is 4.14. The topological polar surface area (TPSA) is 53.4 Å². The highest BCUT2D eigenvalue weighted by Crippen LogP contribution is 2.25. The van der Waals surface area contributed by atoms with E-state index in [1.54, 1.807) is 11.3 Å². The zero-order valence-electron chi connectivity index (χ0n) is 11.0. The van der Waals surface area contributed by atoms with Crippen molar-refractivity contribution in [2.45, 2.75) is 25.8 Å². The second kappa shape index (κ2) is 6.03. The van der Waals surface area contributed by atoms with Gasteiger partial charge in [-0.1, -0.05) is 6.07 Å². The molecule has 6 heteroatoms. The molecule has 0 amide bonds. The molecule has 3 rings (SSSR count). The van der Waals surface area contributed by atoms with Crippen molar-refractivity contribution in [2.24, 2.45) is 0 Å².